The maximum atomic E-state index is 9.42. The summed E-state index contributed by atoms with van der Waals surface area (Å²) in [5, 5.41) is 12.6. The van der Waals surface area contributed by atoms with Gasteiger partial charge in [0.1, 0.15) is 0 Å². The fraction of sp³-hybridized carbons (Fsp3) is 0.385. The highest BCUT2D eigenvalue weighted by atomic mass is 16.5. The molecule has 0 saturated carbocycles. The molecule has 1 rings (SSSR count). The van der Waals surface area contributed by atoms with Crippen LogP contribution >= 0.6 is 0 Å². The van der Waals surface area contributed by atoms with E-state index in [0.29, 0.717) is 19.7 Å². The zero-order valence-corrected chi connectivity index (χ0v) is 9.65. The fourth-order valence-corrected chi connectivity index (χ4v) is 1.42. The number of aliphatic hydroxyl groups excluding tert-OH is 1. The average Bonchev–Trinajstić information content (AvgIpc) is 2.30. The van der Waals surface area contributed by atoms with Crippen LogP contribution in [0.25, 0.3) is 5.57 Å². The summed E-state index contributed by atoms with van der Waals surface area (Å²) in [5.74, 6) is 0. The van der Waals surface area contributed by atoms with E-state index >= 15 is 0 Å². The number of hydrogen-bond donors (Lipinski definition) is 2. The minimum Gasteiger partial charge on any atom is -0.389 e. The van der Waals surface area contributed by atoms with E-state index in [1.807, 2.05) is 30.3 Å². The molecule has 0 spiro atoms. The number of ether oxygens (including phenoxy) is 1. The number of rotatable bonds is 7. The molecule has 88 valence electrons. The standard InChI is InChI=1S/C13H19NO2/c1-11(12-6-4-3-5-7-12)8-14-9-13(15)10-16-2/h3-7,13-15H,1,8-10H2,2H3. The second kappa shape index (κ2) is 7.17. The van der Waals surface area contributed by atoms with E-state index in [-0.39, 0.29) is 0 Å². The molecule has 1 aromatic carbocycles. The monoisotopic (exact) mass is 221 g/mol. The Hall–Kier alpha value is -1.16. The lowest BCUT2D eigenvalue weighted by atomic mass is 10.1. The largest absolute Gasteiger partial charge is 0.389 e. The molecule has 1 atom stereocenters. The van der Waals surface area contributed by atoms with Crippen molar-refractivity contribution in [3.05, 3.63) is 42.5 Å². The van der Waals surface area contributed by atoms with Crippen LogP contribution < -0.4 is 5.32 Å². The molecule has 3 heteroatoms. The number of methoxy groups -OCH3 is 1. The molecular formula is C13H19NO2. The van der Waals surface area contributed by atoms with Gasteiger partial charge in [0.15, 0.2) is 0 Å². The SMILES string of the molecule is C=C(CNCC(O)COC)c1ccccc1. The molecule has 0 radical (unpaired) electrons. The zero-order valence-electron chi connectivity index (χ0n) is 9.65. The van der Waals surface area contributed by atoms with E-state index in [0.717, 1.165) is 11.1 Å². The summed E-state index contributed by atoms with van der Waals surface area (Å²) in [5.41, 5.74) is 2.14. The van der Waals surface area contributed by atoms with E-state index in [1.165, 1.54) is 0 Å². The summed E-state index contributed by atoms with van der Waals surface area (Å²) >= 11 is 0. The maximum absolute atomic E-state index is 9.42. The maximum Gasteiger partial charge on any atom is 0.0897 e. The van der Waals surface area contributed by atoms with Crippen LogP contribution in [0.2, 0.25) is 0 Å². The van der Waals surface area contributed by atoms with Gasteiger partial charge in [-0.05, 0) is 11.1 Å². The zero-order chi connectivity index (χ0) is 11.8. The van der Waals surface area contributed by atoms with E-state index in [9.17, 15) is 5.11 Å². The second-order valence-corrected chi connectivity index (χ2v) is 3.71. The first kappa shape index (κ1) is 12.9. The van der Waals surface area contributed by atoms with Gasteiger partial charge in [-0.1, -0.05) is 36.9 Å². The summed E-state index contributed by atoms with van der Waals surface area (Å²) in [4.78, 5) is 0. The Morgan fingerprint density at radius 2 is 2.12 bits per heavy atom. The van der Waals surface area contributed by atoms with Gasteiger partial charge in [0, 0.05) is 20.2 Å². The third kappa shape index (κ3) is 4.57. The molecule has 0 aliphatic heterocycles. The van der Waals surface area contributed by atoms with Crippen molar-refractivity contribution >= 4 is 5.57 Å². The Morgan fingerprint density at radius 3 is 2.75 bits per heavy atom. The smallest absolute Gasteiger partial charge is 0.0897 e. The van der Waals surface area contributed by atoms with Crippen LogP contribution in [0.5, 0.6) is 0 Å². The second-order valence-electron chi connectivity index (χ2n) is 3.71. The van der Waals surface area contributed by atoms with Crippen molar-refractivity contribution in [1.82, 2.24) is 5.32 Å². The van der Waals surface area contributed by atoms with Gasteiger partial charge in [0.05, 0.1) is 12.7 Å². The van der Waals surface area contributed by atoms with Gasteiger partial charge in [-0.25, -0.2) is 0 Å². The van der Waals surface area contributed by atoms with Crippen molar-refractivity contribution in [2.24, 2.45) is 0 Å². The lowest BCUT2D eigenvalue weighted by Crippen LogP contribution is -2.30. The molecule has 2 N–H and O–H groups in total. The fourth-order valence-electron chi connectivity index (χ4n) is 1.42. The van der Waals surface area contributed by atoms with E-state index in [4.69, 9.17) is 4.74 Å². The van der Waals surface area contributed by atoms with Crippen LogP contribution in [-0.2, 0) is 4.74 Å². The highest BCUT2D eigenvalue weighted by Gasteiger charge is 2.03. The van der Waals surface area contributed by atoms with E-state index < -0.39 is 6.10 Å². The normalized spacial score (nSPS) is 12.4. The molecule has 16 heavy (non-hydrogen) atoms. The molecule has 0 aliphatic rings. The van der Waals surface area contributed by atoms with Crippen molar-refractivity contribution in [3.63, 3.8) is 0 Å². The van der Waals surface area contributed by atoms with Crippen LogP contribution in [-0.4, -0.2) is 38.0 Å². The third-order valence-corrected chi connectivity index (χ3v) is 2.26. The lowest BCUT2D eigenvalue weighted by Gasteiger charge is -2.12. The topological polar surface area (TPSA) is 41.5 Å². The first-order valence-electron chi connectivity index (χ1n) is 5.35. The molecule has 1 unspecified atom stereocenters. The average molecular weight is 221 g/mol. The van der Waals surface area contributed by atoms with E-state index in [2.05, 4.69) is 11.9 Å². The molecule has 0 amide bonds. The number of benzene rings is 1. The van der Waals surface area contributed by atoms with Gasteiger partial charge in [-0.3, -0.25) is 0 Å². The minimum absolute atomic E-state index is 0.352. The third-order valence-electron chi connectivity index (χ3n) is 2.26. The predicted octanol–water partition coefficient (Wildman–Crippen LogP) is 1.30. The predicted molar refractivity (Wildman–Crippen MR) is 66.2 cm³/mol. The number of nitrogens with one attached hydrogen (secondary N) is 1. The van der Waals surface area contributed by atoms with Gasteiger partial charge in [0.25, 0.3) is 0 Å². The van der Waals surface area contributed by atoms with Gasteiger partial charge in [0.2, 0.25) is 0 Å². The Labute approximate surface area is 96.8 Å². The summed E-state index contributed by atoms with van der Waals surface area (Å²) in [6.07, 6.45) is -0.464. The molecule has 0 bridgehead atoms. The van der Waals surface area contributed by atoms with Gasteiger partial charge in [-0.15, -0.1) is 0 Å². The van der Waals surface area contributed by atoms with Crippen LogP contribution in [0.1, 0.15) is 5.56 Å². The Morgan fingerprint density at radius 1 is 1.44 bits per heavy atom. The van der Waals surface area contributed by atoms with Crippen LogP contribution in [0.4, 0.5) is 0 Å². The van der Waals surface area contributed by atoms with Crippen LogP contribution in [0, 0.1) is 0 Å². The molecule has 0 saturated heterocycles. The van der Waals surface area contributed by atoms with Gasteiger partial charge < -0.3 is 15.2 Å². The Balaban J connectivity index is 2.26. The minimum atomic E-state index is -0.464. The van der Waals surface area contributed by atoms with Crippen molar-refractivity contribution in [2.75, 3.05) is 26.8 Å². The highest BCUT2D eigenvalue weighted by molar-refractivity contribution is 5.64. The lowest BCUT2D eigenvalue weighted by molar-refractivity contribution is 0.0653. The highest BCUT2D eigenvalue weighted by Crippen LogP contribution is 2.09. The summed E-state index contributed by atoms with van der Waals surface area (Å²) in [7, 11) is 1.58. The summed E-state index contributed by atoms with van der Waals surface area (Å²) in [6, 6.07) is 10.00. The van der Waals surface area contributed by atoms with E-state index in [1.54, 1.807) is 7.11 Å². The van der Waals surface area contributed by atoms with Crippen molar-refractivity contribution in [1.29, 1.82) is 0 Å². The number of aliphatic hydroxyl groups is 1. The summed E-state index contributed by atoms with van der Waals surface area (Å²) in [6.45, 7) is 5.53. The molecule has 0 heterocycles. The molecular weight excluding hydrogens is 202 g/mol. The molecule has 1 aromatic rings. The molecule has 0 aromatic heterocycles. The van der Waals surface area contributed by atoms with Gasteiger partial charge >= 0.3 is 0 Å². The molecule has 0 fully saturated rings. The Bertz CT molecular complexity index is 311. The van der Waals surface area contributed by atoms with Crippen molar-refractivity contribution in [3.8, 4) is 0 Å². The van der Waals surface area contributed by atoms with Crippen molar-refractivity contribution < 1.29 is 9.84 Å². The van der Waals surface area contributed by atoms with Crippen molar-refractivity contribution in [2.45, 2.75) is 6.10 Å². The van der Waals surface area contributed by atoms with Crippen LogP contribution in [0.3, 0.4) is 0 Å². The number of hydrogen-bond acceptors (Lipinski definition) is 3. The quantitative estimate of drug-likeness (QED) is 0.729. The first-order chi connectivity index (χ1) is 7.74. The summed E-state index contributed by atoms with van der Waals surface area (Å²) < 4.78 is 4.83. The first-order valence-corrected chi connectivity index (χ1v) is 5.35. The van der Waals surface area contributed by atoms with Crippen LogP contribution in [0.15, 0.2) is 36.9 Å². The van der Waals surface area contributed by atoms with Gasteiger partial charge in [-0.2, -0.15) is 0 Å². The molecule has 3 nitrogen and oxygen atoms in total. The Kier molecular flexibility index (Phi) is 5.78. The molecule has 0 aliphatic carbocycles.